The Morgan fingerprint density at radius 2 is 1.88 bits per heavy atom. The molecule has 0 saturated carbocycles. The van der Waals surface area contributed by atoms with Crippen molar-refractivity contribution in [3.8, 4) is 11.3 Å². The molecule has 0 amide bonds. The summed E-state index contributed by atoms with van der Waals surface area (Å²) in [6.07, 6.45) is 0. The summed E-state index contributed by atoms with van der Waals surface area (Å²) in [5.41, 5.74) is 0.400. The molecule has 2 rings (SSSR count). The first kappa shape index (κ1) is 12.5. The van der Waals surface area contributed by atoms with Gasteiger partial charge in [-0.05, 0) is 37.3 Å². The fraction of sp³-hybridized carbons (Fsp3) is 0.0909. The smallest absolute Gasteiger partial charge is 0.262 e. The molecule has 6 heteroatoms. The van der Waals surface area contributed by atoms with Crippen LogP contribution in [0.25, 0.3) is 11.3 Å². The van der Waals surface area contributed by atoms with E-state index in [1.807, 2.05) is 0 Å². The Morgan fingerprint density at radius 3 is 2.41 bits per heavy atom. The van der Waals surface area contributed by atoms with Crippen LogP contribution < -0.4 is 0 Å². The number of benzene rings is 1. The normalized spacial score (nSPS) is 11.7. The van der Waals surface area contributed by atoms with Gasteiger partial charge in [0.1, 0.15) is 11.5 Å². The molecule has 1 aromatic heterocycles. The molecule has 0 aliphatic heterocycles. The van der Waals surface area contributed by atoms with Crippen molar-refractivity contribution in [2.24, 2.45) is 0 Å². The number of hydrogen-bond donors (Lipinski definition) is 0. The molecule has 0 aliphatic carbocycles. The fourth-order valence-electron chi connectivity index (χ4n) is 1.48. The lowest BCUT2D eigenvalue weighted by Gasteiger charge is -2.04. The summed E-state index contributed by atoms with van der Waals surface area (Å²) in [5, 5.41) is 0.302. The molecule has 0 fully saturated rings. The molecule has 0 radical (unpaired) electrons. The van der Waals surface area contributed by atoms with Crippen LogP contribution in [0.3, 0.4) is 0 Å². The molecule has 2 aromatic rings. The molecule has 0 aliphatic rings. The van der Waals surface area contributed by atoms with Gasteiger partial charge in [0.25, 0.3) is 9.05 Å². The molecule has 0 N–H and O–H groups in total. The first-order chi connectivity index (χ1) is 7.88. The maximum absolute atomic E-state index is 11.5. The second kappa shape index (κ2) is 4.37. The zero-order valence-electron chi connectivity index (χ0n) is 8.78. The largest absolute Gasteiger partial charge is 0.461 e. The maximum atomic E-state index is 11.5. The van der Waals surface area contributed by atoms with Gasteiger partial charge in [0.15, 0.2) is 0 Å². The van der Waals surface area contributed by atoms with Crippen molar-refractivity contribution in [3.63, 3.8) is 0 Å². The van der Waals surface area contributed by atoms with Crippen LogP contribution in [-0.4, -0.2) is 8.42 Å². The predicted octanol–water partition coefficient (Wildman–Crippen LogP) is 3.84. The summed E-state index contributed by atoms with van der Waals surface area (Å²) < 4.78 is 28.3. The summed E-state index contributed by atoms with van der Waals surface area (Å²) in [6.45, 7) is 1.77. The third-order valence-corrected chi connectivity index (χ3v) is 3.81. The van der Waals surface area contributed by atoms with E-state index in [1.54, 1.807) is 31.2 Å². The van der Waals surface area contributed by atoms with Crippen LogP contribution in [0.2, 0.25) is 5.02 Å². The highest BCUT2D eigenvalue weighted by molar-refractivity contribution is 8.13. The van der Waals surface area contributed by atoms with E-state index >= 15 is 0 Å². The minimum Gasteiger partial charge on any atom is -0.461 e. The van der Waals surface area contributed by atoms with Crippen molar-refractivity contribution in [3.05, 3.63) is 41.1 Å². The molecule has 17 heavy (non-hydrogen) atoms. The Kier molecular flexibility index (Phi) is 3.21. The van der Waals surface area contributed by atoms with Crippen LogP contribution in [0.15, 0.2) is 39.6 Å². The van der Waals surface area contributed by atoms with Gasteiger partial charge >= 0.3 is 0 Å². The van der Waals surface area contributed by atoms with Gasteiger partial charge in [-0.1, -0.05) is 11.6 Å². The van der Waals surface area contributed by atoms with Gasteiger partial charge < -0.3 is 4.42 Å². The summed E-state index contributed by atoms with van der Waals surface area (Å²) >= 11 is 5.76. The topological polar surface area (TPSA) is 47.3 Å². The maximum Gasteiger partial charge on any atom is 0.262 e. The molecule has 0 unspecified atom stereocenters. The average molecular weight is 291 g/mol. The second-order valence-electron chi connectivity index (χ2n) is 3.49. The van der Waals surface area contributed by atoms with Crippen LogP contribution in [-0.2, 0) is 9.05 Å². The zero-order chi connectivity index (χ0) is 12.6. The van der Waals surface area contributed by atoms with E-state index in [0.29, 0.717) is 22.1 Å². The SMILES string of the molecule is Cc1ccc(-c2ccc(Cl)cc2S(=O)(=O)Cl)o1. The zero-order valence-corrected chi connectivity index (χ0v) is 11.1. The van der Waals surface area contributed by atoms with Gasteiger partial charge in [-0.2, -0.15) is 0 Å². The van der Waals surface area contributed by atoms with E-state index in [2.05, 4.69) is 0 Å². The molecule has 0 atom stereocenters. The standard InChI is InChI=1S/C11H8Cl2O3S/c1-7-2-5-10(16-7)9-4-3-8(12)6-11(9)17(13,14)15/h2-6H,1H3. The molecule has 0 spiro atoms. The third-order valence-electron chi connectivity index (χ3n) is 2.21. The van der Waals surface area contributed by atoms with Gasteiger partial charge in [0, 0.05) is 21.3 Å². The minimum absolute atomic E-state index is 0.0546. The lowest BCUT2D eigenvalue weighted by molar-refractivity contribution is 0.546. The van der Waals surface area contributed by atoms with E-state index in [1.165, 1.54) is 6.07 Å². The van der Waals surface area contributed by atoms with E-state index in [0.717, 1.165) is 0 Å². The van der Waals surface area contributed by atoms with Gasteiger partial charge in [0.05, 0.1) is 4.90 Å². The van der Waals surface area contributed by atoms with Crippen molar-refractivity contribution >= 4 is 31.3 Å². The molecule has 1 heterocycles. The summed E-state index contributed by atoms with van der Waals surface area (Å²) in [6, 6.07) is 7.88. The Morgan fingerprint density at radius 1 is 1.18 bits per heavy atom. The highest BCUT2D eigenvalue weighted by Crippen LogP contribution is 2.32. The number of halogens is 2. The van der Waals surface area contributed by atoms with Crippen LogP contribution in [0.4, 0.5) is 0 Å². The van der Waals surface area contributed by atoms with E-state index in [9.17, 15) is 8.42 Å². The molecule has 90 valence electrons. The van der Waals surface area contributed by atoms with Crippen LogP contribution >= 0.6 is 22.3 Å². The Hall–Kier alpha value is -0.970. The second-order valence-corrected chi connectivity index (χ2v) is 6.46. The number of furan rings is 1. The fourth-order valence-corrected chi connectivity index (χ4v) is 2.80. The Labute approximate surface area is 108 Å². The first-order valence-corrected chi connectivity index (χ1v) is 7.38. The molecule has 0 saturated heterocycles. The molecule has 3 nitrogen and oxygen atoms in total. The van der Waals surface area contributed by atoms with Crippen molar-refractivity contribution < 1.29 is 12.8 Å². The number of rotatable bonds is 2. The minimum atomic E-state index is -3.87. The summed E-state index contributed by atoms with van der Waals surface area (Å²) in [5.74, 6) is 1.13. The lowest BCUT2D eigenvalue weighted by atomic mass is 10.2. The molecule has 1 aromatic carbocycles. The Bertz CT molecular complexity index is 659. The van der Waals surface area contributed by atoms with E-state index in [4.69, 9.17) is 26.7 Å². The highest BCUT2D eigenvalue weighted by Gasteiger charge is 2.19. The monoisotopic (exact) mass is 290 g/mol. The van der Waals surface area contributed by atoms with Gasteiger partial charge in [-0.25, -0.2) is 8.42 Å². The van der Waals surface area contributed by atoms with Crippen molar-refractivity contribution in [1.29, 1.82) is 0 Å². The number of hydrogen-bond acceptors (Lipinski definition) is 3. The summed E-state index contributed by atoms with van der Waals surface area (Å²) in [7, 11) is 1.50. The van der Waals surface area contributed by atoms with E-state index in [-0.39, 0.29) is 4.90 Å². The van der Waals surface area contributed by atoms with Crippen LogP contribution in [0, 0.1) is 6.92 Å². The van der Waals surface area contributed by atoms with Crippen LogP contribution in [0.1, 0.15) is 5.76 Å². The average Bonchev–Trinajstić information content (AvgIpc) is 2.63. The third kappa shape index (κ3) is 2.65. The lowest BCUT2D eigenvalue weighted by Crippen LogP contribution is -1.94. The van der Waals surface area contributed by atoms with Gasteiger partial charge in [-0.3, -0.25) is 0 Å². The van der Waals surface area contributed by atoms with Crippen molar-refractivity contribution in [2.45, 2.75) is 11.8 Å². The quantitative estimate of drug-likeness (QED) is 0.790. The predicted molar refractivity (Wildman–Crippen MR) is 66.9 cm³/mol. The summed E-state index contributed by atoms with van der Waals surface area (Å²) in [4.78, 5) is -0.0546. The van der Waals surface area contributed by atoms with Gasteiger partial charge in [-0.15, -0.1) is 0 Å². The van der Waals surface area contributed by atoms with Crippen molar-refractivity contribution in [2.75, 3.05) is 0 Å². The number of aryl methyl sites for hydroxylation is 1. The molecular weight excluding hydrogens is 283 g/mol. The first-order valence-electron chi connectivity index (χ1n) is 4.69. The van der Waals surface area contributed by atoms with Crippen molar-refractivity contribution in [1.82, 2.24) is 0 Å². The Balaban J connectivity index is 2.70. The van der Waals surface area contributed by atoms with Crippen LogP contribution in [0.5, 0.6) is 0 Å². The van der Waals surface area contributed by atoms with Gasteiger partial charge in [0.2, 0.25) is 0 Å². The highest BCUT2D eigenvalue weighted by atomic mass is 35.7. The molecule has 0 bridgehead atoms. The van der Waals surface area contributed by atoms with E-state index < -0.39 is 9.05 Å². The molecular formula is C11H8Cl2O3S.